The van der Waals surface area contributed by atoms with Crippen molar-refractivity contribution in [2.75, 3.05) is 13.1 Å². The molecule has 98 valence electrons. The molecule has 1 aromatic rings. The molecule has 1 aromatic heterocycles. The molecule has 1 aliphatic heterocycles. The molecule has 0 radical (unpaired) electrons. The van der Waals surface area contributed by atoms with Crippen molar-refractivity contribution in [2.24, 2.45) is 11.7 Å². The second-order valence-corrected chi connectivity index (χ2v) is 4.71. The van der Waals surface area contributed by atoms with E-state index in [-0.39, 0.29) is 23.3 Å². The summed E-state index contributed by atoms with van der Waals surface area (Å²) in [5, 5.41) is 10.5. The summed E-state index contributed by atoms with van der Waals surface area (Å²) in [5.41, 5.74) is 6.06. The molecule has 0 aliphatic carbocycles. The largest absolute Gasteiger partial charge is 0.351 e. The normalized spacial score (nSPS) is 24.0. The third kappa shape index (κ3) is 2.35. The van der Waals surface area contributed by atoms with Gasteiger partial charge in [0.05, 0.1) is 11.1 Å². The van der Waals surface area contributed by atoms with Crippen molar-refractivity contribution in [3.63, 3.8) is 0 Å². The fourth-order valence-corrected chi connectivity index (χ4v) is 2.07. The Morgan fingerprint density at radius 3 is 2.94 bits per heavy atom. The summed E-state index contributed by atoms with van der Waals surface area (Å²) in [7, 11) is 0. The van der Waals surface area contributed by atoms with Crippen molar-refractivity contribution in [3.05, 3.63) is 28.1 Å². The van der Waals surface area contributed by atoms with Crippen LogP contribution in [0.1, 0.15) is 23.8 Å². The smallest absolute Gasteiger partial charge is 0.287 e. The second-order valence-electron chi connectivity index (χ2n) is 4.71. The van der Waals surface area contributed by atoms with Crippen LogP contribution in [0.25, 0.3) is 0 Å². The van der Waals surface area contributed by atoms with E-state index in [1.807, 2.05) is 0 Å². The third-order valence-electron chi connectivity index (χ3n) is 3.41. The number of nitrogens with zero attached hydrogens (tertiary/aromatic N) is 2. The minimum atomic E-state index is -0.530. The summed E-state index contributed by atoms with van der Waals surface area (Å²) >= 11 is 0. The van der Waals surface area contributed by atoms with Crippen molar-refractivity contribution < 1.29 is 9.72 Å². The molecule has 1 amide bonds. The van der Waals surface area contributed by atoms with E-state index in [4.69, 9.17) is 5.73 Å². The number of carbonyl (C=O) groups excluding carboxylic acids is 1. The molecule has 1 saturated heterocycles. The predicted octanol–water partition coefficient (Wildman–Crippen LogP) is 0.732. The monoisotopic (exact) mass is 252 g/mol. The van der Waals surface area contributed by atoms with Gasteiger partial charge in [-0.15, -0.1) is 0 Å². The molecule has 1 fully saturated rings. The van der Waals surface area contributed by atoms with E-state index >= 15 is 0 Å². The van der Waals surface area contributed by atoms with Gasteiger partial charge in [-0.2, -0.15) is 0 Å². The first-order chi connectivity index (χ1) is 8.49. The number of nitrogens with one attached hydrogen (secondary N) is 1. The number of nitro groups is 1. The lowest BCUT2D eigenvalue weighted by molar-refractivity contribution is -0.384. The summed E-state index contributed by atoms with van der Waals surface area (Å²) in [4.78, 5) is 26.4. The number of H-pyrrole nitrogens is 1. The van der Waals surface area contributed by atoms with E-state index in [9.17, 15) is 14.9 Å². The number of piperidine rings is 1. The SMILES string of the molecule is CC1CCN(C(=O)c2cc([N+](=O)[O-])c[nH]2)CC1N. The highest BCUT2D eigenvalue weighted by Crippen LogP contribution is 2.19. The van der Waals surface area contributed by atoms with Crippen LogP contribution in [0.5, 0.6) is 0 Å². The van der Waals surface area contributed by atoms with Gasteiger partial charge in [0.2, 0.25) is 0 Å². The number of hydrogen-bond donors (Lipinski definition) is 2. The van der Waals surface area contributed by atoms with Crippen LogP contribution in [0.4, 0.5) is 5.69 Å². The van der Waals surface area contributed by atoms with Crippen LogP contribution >= 0.6 is 0 Å². The molecule has 1 aliphatic rings. The lowest BCUT2D eigenvalue weighted by atomic mass is 9.94. The summed E-state index contributed by atoms with van der Waals surface area (Å²) in [6, 6.07) is 1.22. The minimum Gasteiger partial charge on any atom is -0.351 e. The highest BCUT2D eigenvalue weighted by atomic mass is 16.6. The Morgan fingerprint density at radius 1 is 1.67 bits per heavy atom. The van der Waals surface area contributed by atoms with Crippen LogP contribution in [-0.2, 0) is 0 Å². The number of aromatic nitrogens is 1. The maximum atomic E-state index is 12.1. The minimum absolute atomic E-state index is 0.0346. The zero-order valence-electron chi connectivity index (χ0n) is 10.1. The molecule has 0 saturated carbocycles. The summed E-state index contributed by atoms with van der Waals surface area (Å²) in [6.07, 6.45) is 2.08. The fraction of sp³-hybridized carbons (Fsp3) is 0.545. The number of hydrogen-bond acceptors (Lipinski definition) is 4. The maximum Gasteiger partial charge on any atom is 0.287 e. The molecule has 2 rings (SSSR count). The van der Waals surface area contributed by atoms with Crippen LogP contribution in [0, 0.1) is 16.0 Å². The van der Waals surface area contributed by atoms with E-state index in [0.717, 1.165) is 6.42 Å². The van der Waals surface area contributed by atoms with Gasteiger partial charge in [0.25, 0.3) is 11.6 Å². The van der Waals surface area contributed by atoms with E-state index in [2.05, 4.69) is 11.9 Å². The highest BCUT2D eigenvalue weighted by Gasteiger charge is 2.28. The van der Waals surface area contributed by atoms with Crippen LogP contribution in [0.15, 0.2) is 12.3 Å². The lowest BCUT2D eigenvalue weighted by Crippen LogP contribution is -2.49. The van der Waals surface area contributed by atoms with Crippen LogP contribution in [-0.4, -0.2) is 39.8 Å². The molecule has 7 heteroatoms. The molecular weight excluding hydrogens is 236 g/mol. The average Bonchev–Trinajstić information content (AvgIpc) is 2.81. The Kier molecular flexibility index (Phi) is 3.33. The zero-order valence-corrected chi connectivity index (χ0v) is 10.1. The highest BCUT2D eigenvalue weighted by molar-refractivity contribution is 5.93. The number of carbonyl (C=O) groups is 1. The molecule has 0 aromatic carbocycles. The molecule has 2 unspecified atom stereocenters. The van der Waals surface area contributed by atoms with Crippen LogP contribution in [0.2, 0.25) is 0 Å². The van der Waals surface area contributed by atoms with E-state index in [1.54, 1.807) is 4.90 Å². The van der Waals surface area contributed by atoms with Crippen molar-refractivity contribution in [3.8, 4) is 0 Å². The van der Waals surface area contributed by atoms with Gasteiger partial charge in [0.1, 0.15) is 5.69 Å². The maximum absolute atomic E-state index is 12.1. The van der Waals surface area contributed by atoms with E-state index in [1.165, 1.54) is 12.3 Å². The van der Waals surface area contributed by atoms with Gasteiger partial charge in [-0.25, -0.2) is 0 Å². The topological polar surface area (TPSA) is 105 Å². The number of rotatable bonds is 2. The Balaban J connectivity index is 2.09. The lowest BCUT2D eigenvalue weighted by Gasteiger charge is -2.34. The van der Waals surface area contributed by atoms with Crippen LogP contribution in [0.3, 0.4) is 0 Å². The molecular formula is C11H16N4O3. The molecule has 0 spiro atoms. The van der Waals surface area contributed by atoms with Gasteiger partial charge < -0.3 is 15.6 Å². The van der Waals surface area contributed by atoms with Gasteiger partial charge in [-0.3, -0.25) is 14.9 Å². The molecule has 18 heavy (non-hydrogen) atoms. The van der Waals surface area contributed by atoms with Crippen LogP contribution < -0.4 is 5.73 Å². The van der Waals surface area contributed by atoms with Crippen molar-refractivity contribution in [2.45, 2.75) is 19.4 Å². The number of nitrogens with two attached hydrogens (primary N) is 1. The van der Waals surface area contributed by atoms with Gasteiger partial charge in [-0.05, 0) is 12.3 Å². The number of aromatic amines is 1. The summed E-state index contributed by atoms with van der Waals surface area (Å²) in [6.45, 7) is 3.19. The first kappa shape index (κ1) is 12.6. The van der Waals surface area contributed by atoms with E-state index < -0.39 is 4.92 Å². The van der Waals surface area contributed by atoms with Gasteiger partial charge in [0, 0.05) is 25.2 Å². The third-order valence-corrected chi connectivity index (χ3v) is 3.41. The fourth-order valence-electron chi connectivity index (χ4n) is 2.07. The van der Waals surface area contributed by atoms with E-state index in [0.29, 0.717) is 19.0 Å². The Hall–Kier alpha value is -1.89. The van der Waals surface area contributed by atoms with Gasteiger partial charge in [0.15, 0.2) is 0 Å². The molecule has 7 nitrogen and oxygen atoms in total. The standard InChI is InChI=1S/C11H16N4O3/c1-7-2-3-14(6-9(7)12)11(16)10-4-8(5-13-10)15(17)18/h4-5,7,9,13H,2-3,6,12H2,1H3. The van der Waals surface area contributed by atoms with Gasteiger partial charge >= 0.3 is 0 Å². The van der Waals surface area contributed by atoms with Crippen molar-refractivity contribution in [1.82, 2.24) is 9.88 Å². The first-order valence-electron chi connectivity index (χ1n) is 5.86. The van der Waals surface area contributed by atoms with Crippen molar-refractivity contribution in [1.29, 1.82) is 0 Å². The molecule has 0 bridgehead atoms. The second kappa shape index (κ2) is 4.77. The Morgan fingerprint density at radius 2 is 2.39 bits per heavy atom. The quantitative estimate of drug-likeness (QED) is 0.597. The Bertz CT molecular complexity index is 471. The molecule has 2 atom stereocenters. The average molecular weight is 252 g/mol. The first-order valence-corrected chi connectivity index (χ1v) is 5.86. The van der Waals surface area contributed by atoms with Crippen molar-refractivity contribution >= 4 is 11.6 Å². The Labute approximate surface area is 104 Å². The molecule has 2 heterocycles. The predicted molar refractivity (Wildman–Crippen MR) is 65.1 cm³/mol. The summed E-state index contributed by atoms with van der Waals surface area (Å²) < 4.78 is 0. The zero-order chi connectivity index (χ0) is 13.3. The van der Waals surface area contributed by atoms with Gasteiger partial charge in [-0.1, -0.05) is 6.92 Å². The number of likely N-dealkylation sites (tertiary alicyclic amines) is 1. The number of amides is 1. The molecule has 3 N–H and O–H groups in total. The summed E-state index contributed by atoms with van der Waals surface area (Å²) in [5.74, 6) is 0.164.